The average Bonchev–Trinajstić information content (AvgIpc) is 2.58. The summed E-state index contributed by atoms with van der Waals surface area (Å²) in [7, 11) is 2.99. The third-order valence-electron chi connectivity index (χ3n) is 3.03. The number of rotatable bonds is 6. The summed E-state index contributed by atoms with van der Waals surface area (Å²) in [6.45, 7) is 0.467. The van der Waals surface area contributed by atoms with Crippen LogP contribution in [0.2, 0.25) is 0 Å². The Morgan fingerprint density at radius 2 is 1.82 bits per heavy atom. The topological polar surface area (TPSA) is 44.8 Å². The Hall–Kier alpha value is -2.75. The van der Waals surface area contributed by atoms with E-state index in [0.717, 1.165) is 22.6 Å². The van der Waals surface area contributed by atoms with Gasteiger partial charge in [-0.05, 0) is 41.5 Å². The van der Waals surface area contributed by atoms with E-state index in [2.05, 4.69) is 4.74 Å². The van der Waals surface area contributed by atoms with Crippen LogP contribution in [0.1, 0.15) is 11.1 Å². The van der Waals surface area contributed by atoms with Gasteiger partial charge in [0.2, 0.25) is 0 Å². The standard InChI is InChI=1S/C18H18O4/c1-20-17-5-3-4-15(12-17)13-22-16-9-6-14(7-10-16)8-11-18(19)21-2/h3-12H,13H2,1-2H3/b11-8+. The summed E-state index contributed by atoms with van der Waals surface area (Å²) in [6.07, 6.45) is 3.07. The highest BCUT2D eigenvalue weighted by molar-refractivity contribution is 5.86. The van der Waals surface area contributed by atoms with Crippen molar-refractivity contribution >= 4 is 12.0 Å². The van der Waals surface area contributed by atoms with Gasteiger partial charge >= 0.3 is 5.97 Å². The summed E-state index contributed by atoms with van der Waals surface area (Å²) < 4.78 is 15.4. The van der Waals surface area contributed by atoms with Gasteiger partial charge in [-0.25, -0.2) is 4.79 Å². The van der Waals surface area contributed by atoms with E-state index in [1.807, 2.05) is 48.5 Å². The molecule has 0 aliphatic carbocycles. The lowest BCUT2D eigenvalue weighted by molar-refractivity contribution is -0.134. The summed E-state index contributed by atoms with van der Waals surface area (Å²) in [5.41, 5.74) is 1.94. The minimum absolute atomic E-state index is 0.377. The number of hydrogen-bond acceptors (Lipinski definition) is 4. The van der Waals surface area contributed by atoms with Crippen LogP contribution < -0.4 is 9.47 Å². The van der Waals surface area contributed by atoms with Crippen LogP contribution in [0.5, 0.6) is 11.5 Å². The predicted octanol–water partition coefficient (Wildman–Crippen LogP) is 3.46. The highest BCUT2D eigenvalue weighted by Crippen LogP contribution is 2.17. The van der Waals surface area contributed by atoms with Gasteiger partial charge < -0.3 is 14.2 Å². The van der Waals surface area contributed by atoms with E-state index in [0.29, 0.717) is 6.61 Å². The third kappa shape index (κ3) is 4.66. The van der Waals surface area contributed by atoms with Crippen molar-refractivity contribution in [2.75, 3.05) is 14.2 Å². The lowest BCUT2D eigenvalue weighted by atomic mass is 10.2. The molecule has 4 nitrogen and oxygen atoms in total. The molecule has 0 saturated carbocycles. The van der Waals surface area contributed by atoms with Gasteiger partial charge in [0, 0.05) is 6.08 Å². The molecule has 0 amide bonds. The van der Waals surface area contributed by atoms with E-state index in [4.69, 9.17) is 9.47 Å². The number of esters is 1. The highest BCUT2D eigenvalue weighted by atomic mass is 16.5. The summed E-state index contributed by atoms with van der Waals surface area (Å²) in [5.74, 6) is 1.20. The van der Waals surface area contributed by atoms with Crippen molar-refractivity contribution in [2.45, 2.75) is 6.61 Å². The monoisotopic (exact) mass is 298 g/mol. The first kappa shape index (κ1) is 15.6. The average molecular weight is 298 g/mol. The molecule has 0 radical (unpaired) electrons. The number of carbonyl (C=O) groups is 1. The van der Waals surface area contributed by atoms with Crippen LogP contribution in [0.3, 0.4) is 0 Å². The van der Waals surface area contributed by atoms with Gasteiger partial charge in [0.05, 0.1) is 14.2 Å². The summed E-state index contributed by atoms with van der Waals surface area (Å²) in [6, 6.07) is 15.2. The van der Waals surface area contributed by atoms with Crippen molar-refractivity contribution < 1.29 is 19.0 Å². The molecule has 0 heterocycles. The van der Waals surface area contributed by atoms with Crippen LogP contribution in [0.4, 0.5) is 0 Å². The molecule has 2 aromatic rings. The molecule has 0 bridgehead atoms. The molecule has 0 N–H and O–H groups in total. The minimum atomic E-state index is -0.377. The second-order valence-electron chi connectivity index (χ2n) is 4.57. The fourth-order valence-electron chi connectivity index (χ4n) is 1.84. The van der Waals surface area contributed by atoms with Crippen LogP contribution in [0, 0.1) is 0 Å². The fourth-order valence-corrected chi connectivity index (χ4v) is 1.84. The Morgan fingerprint density at radius 1 is 1.05 bits per heavy atom. The maximum absolute atomic E-state index is 11.0. The SMILES string of the molecule is COC(=O)/C=C/c1ccc(OCc2cccc(OC)c2)cc1. The van der Waals surface area contributed by atoms with Crippen molar-refractivity contribution in [3.05, 3.63) is 65.7 Å². The summed E-state index contributed by atoms with van der Waals surface area (Å²) in [4.78, 5) is 11.0. The number of hydrogen-bond donors (Lipinski definition) is 0. The van der Waals surface area contributed by atoms with Crippen LogP contribution in [0.25, 0.3) is 6.08 Å². The van der Waals surface area contributed by atoms with E-state index in [1.165, 1.54) is 13.2 Å². The zero-order chi connectivity index (χ0) is 15.8. The van der Waals surface area contributed by atoms with Gasteiger partial charge in [-0.1, -0.05) is 24.3 Å². The third-order valence-corrected chi connectivity index (χ3v) is 3.03. The Balaban J connectivity index is 1.93. The van der Waals surface area contributed by atoms with Crippen molar-refractivity contribution in [3.63, 3.8) is 0 Å². The zero-order valence-corrected chi connectivity index (χ0v) is 12.6. The Bertz CT molecular complexity index is 644. The van der Waals surface area contributed by atoms with Crippen LogP contribution in [0.15, 0.2) is 54.6 Å². The lowest BCUT2D eigenvalue weighted by Crippen LogP contribution is -1.96. The molecule has 0 aromatic heterocycles. The number of methoxy groups -OCH3 is 2. The molecule has 0 aliphatic rings. The van der Waals surface area contributed by atoms with Gasteiger partial charge in [-0.2, -0.15) is 0 Å². The summed E-state index contributed by atoms with van der Waals surface area (Å²) in [5, 5.41) is 0. The first-order valence-corrected chi connectivity index (χ1v) is 6.83. The normalized spacial score (nSPS) is 10.5. The maximum atomic E-state index is 11.0. The van der Waals surface area contributed by atoms with Gasteiger partial charge in [-0.3, -0.25) is 0 Å². The van der Waals surface area contributed by atoms with E-state index in [-0.39, 0.29) is 5.97 Å². The smallest absolute Gasteiger partial charge is 0.330 e. The van der Waals surface area contributed by atoms with Crippen LogP contribution in [-0.4, -0.2) is 20.2 Å². The molecule has 0 saturated heterocycles. The molecule has 22 heavy (non-hydrogen) atoms. The quantitative estimate of drug-likeness (QED) is 0.605. The largest absolute Gasteiger partial charge is 0.497 e. The molecule has 4 heteroatoms. The molecular weight excluding hydrogens is 280 g/mol. The molecule has 114 valence electrons. The van der Waals surface area contributed by atoms with E-state index in [1.54, 1.807) is 13.2 Å². The predicted molar refractivity (Wildman–Crippen MR) is 84.8 cm³/mol. The molecular formula is C18H18O4. The molecule has 0 spiro atoms. The summed E-state index contributed by atoms with van der Waals surface area (Å²) >= 11 is 0. The van der Waals surface area contributed by atoms with Crippen LogP contribution >= 0.6 is 0 Å². The lowest BCUT2D eigenvalue weighted by Gasteiger charge is -2.08. The van der Waals surface area contributed by atoms with Crippen molar-refractivity contribution in [3.8, 4) is 11.5 Å². The van der Waals surface area contributed by atoms with Gasteiger partial charge in [-0.15, -0.1) is 0 Å². The van der Waals surface area contributed by atoms with Crippen molar-refractivity contribution in [2.24, 2.45) is 0 Å². The van der Waals surface area contributed by atoms with Crippen LogP contribution in [-0.2, 0) is 16.1 Å². The molecule has 0 atom stereocenters. The fraction of sp³-hybridized carbons (Fsp3) is 0.167. The van der Waals surface area contributed by atoms with Gasteiger partial charge in [0.1, 0.15) is 18.1 Å². The Labute approximate surface area is 129 Å². The van der Waals surface area contributed by atoms with E-state index >= 15 is 0 Å². The van der Waals surface area contributed by atoms with Crippen molar-refractivity contribution in [1.29, 1.82) is 0 Å². The van der Waals surface area contributed by atoms with Gasteiger partial charge in [0.25, 0.3) is 0 Å². The van der Waals surface area contributed by atoms with E-state index < -0.39 is 0 Å². The second kappa shape index (κ2) is 7.88. The second-order valence-corrected chi connectivity index (χ2v) is 4.57. The Kier molecular flexibility index (Phi) is 5.60. The number of ether oxygens (including phenoxy) is 3. The molecule has 0 fully saturated rings. The highest BCUT2D eigenvalue weighted by Gasteiger charge is 1.99. The molecule has 2 aromatic carbocycles. The maximum Gasteiger partial charge on any atom is 0.330 e. The minimum Gasteiger partial charge on any atom is -0.497 e. The van der Waals surface area contributed by atoms with Crippen molar-refractivity contribution in [1.82, 2.24) is 0 Å². The Morgan fingerprint density at radius 3 is 2.50 bits per heavy atom. The van der Waals surface area contributed by atoms with E-state index in [9.17, 15) is 4.79 Å². The van der Waals surface area contributed by atoms with Gasteiger partial charge in [0.15, 0.2) is 0 Å². The first-order chi connectivity index (χ1) is 10.7. The molecule has 0 aliphatic heterocycles. The first-order valence-electron chi connectivity index (χ1n) is 6.83. The molecule has 0 unspecified atom stereocenters. The number of benzene rings is 2. The number of carbonyl (C=O) groups excluding carboxylic acids is 1. The molecule has 2 rings (SSSR count). The zero-order valence-electron chi connectivity index (χ0n) is 12.6.